The minimum atomic E-state index is -1.30. The van der Waals surface area contributed by atoms with E-state index in [0.29, 0.717) is 0 Å². The first kappa shape index (κ1) is 7.92. The molecule has 0 fully saturated rings. The third-order valence-electron chi connectivity index (χ3n) is 0.730. The summed E-state index contributed by atoms with van der Waals surface area (Å²) in [5.74, 6) is -1.30. The van der Waals surface area contributed by atoms with Gasteiger partial charge in [0.2, 0.25) is 0 Å². The Hall–Kier alpha value is -1.08. The summed E-state index contributed by atoms with van der Waals surface area (Å²) in [5.41, 5.74) is 0. The van der Waals surface area contributed by atoms with E-state index in [1.165, 1.54) is 6.92 Å². The monoisotopic (exact) mass is 128 g/mol. The second-order valence-electron chi connectivity index (χ2n) is 1.43. The van der Waals surface area contributed by atoms with Crippen LogP contribution < -0.4 is 0 Å². The molecule has 0 aliphatic heterocycles. The van der Waals surface area contributed by atoms with Crippen LogP contribution in [0.15, 0.2) is 0 Å². The molecule has 0 aliphatic rings. The van der Waals surface area contributed by atoms with E-state index < -0.39 is 12.1 Å². The molecule has 0 spiro atoms. The summed E-state index contributed by atoms with van der Waals surface area (Å²) in [7, 11) is 0. The molecule has 0 rings (SSSR count). The van der Waals surface area contributed by atoms with Gasteiger partial charge in [0.15, 0.2) is 6.10 Å². The highest BCUT2D eigenvalue weighted by atomic mass is 16.5. The molecule has 0 saturated carbocycles. The Kier molecular flexibility index (Phi) is 3.40. The molecule has 49 valence electrons. The lowest BCUT2D eigenvalue weighted by Crippen LogP contribution is -2.18. The molecule has 0 aliphatic carbocycles. The van der Waals surface area contributed by atoms with Gasteiger partial charge in [0.25, 0.3) is 0 Å². The van der Waals surface area contributed by atoms with Crippen LogP contribution in [-0.2, 0) is 14.6 Å². The Bertz CT molecular complexity index is 138. The highest BCUT2D eigenvalue weighted by Gasteiger charge is 2.11. The van der Waals surface area contributed by atoms with Crippen molar-refractivity contribution in [3.8, 4) is 6.07 Å². The summed E-state index contributed by atoms with van der Waals surface area (Å²) < 4.78 is 4.43. The molecule has 0 heterocycles. The molecule has 0 saturated heterocycles. The standard InChI is InChI=1S/C5H6NO3/c1-4(5(7)8)9-3-2-6/h4H,3H2,1H3. The number of nitriles is 1. The molecule has 0 aromatic rings. The van der Waals surface area contributed by atoms with E-state index in [2.05, 4.69) is 4.74 Å². The second kappa shape index (κ2) is 3.87. The van der Waals surface area contributed by atoms with Gasteiger partial charge >= 0.3 is 5.97 Å². The van der Waals surface area contributed by atoms with Crippen LogP contribution in [0.1, 0.15) is 6.92 Å². The van der Waals surface area contributed by atoms with E-state index in [9.17, 15) is 9.90 Å². The number of hydrogen-bond donors (Lipinski definition) is 0. The van der Waals surface area contributed by atoms with E-state index >= 15 is 0 Å². The minimum absolute atomic E-state index is 0.213. The maximum Gasteiger partial charge on any atom is 0.383 e. The van der Waals surface area contributed by atoms with E-state index in [1.54, 1.807) is 6.07 Å². The van der Waals surface area contributed by atoms with Crippen LogP contribution in [0.3, 0.4) is 0 Å². The van der Waals surface area contributed by atoms with Crippen molar-refractivity contribution in [2.75, 3.05) is 6.61 Å². The van der Waals surface area contributed by atoms with Gasteiger partial charge in [-0.25, -0.2) is 9.90 Å². The number of rotatable bonds is 3. The van der Waals surface area contributed by atoms with Gasteiger partial charge in [-0.05, 0) is 6.92 Å². The normalized spacial score (nSPS) is 12.0. The Labute approximate surface area is 52.7 Å². The van der Waals surface area contributed by atoms with Crippen LogP contribution in [-0.4, -0.2) is 18.7 Å². The molecule has 9 heavy (non-hydrogen) atoms. The van der Waals surface area contributed by atoms with Crippen molar-refractivity contribution in [2.24, 2.45) is 0 Å². The maximum absolute atomic E-state index is 9.86. The Morgan fingerprint density at radius 2 is 2.44 bits per heavy atom. The predicted molar refractivity (Wildman–Crippen MR) is 26.7 cm³/mol. The van der Waals surface area contributed by atoms with Crippen LogP contribution in [0.4, 0.5) is 0 Å². The molecule has 1 unspecified atom stereocenters. The summed E-state index contributed by atoms with van der Waals surface area (Å²) >= 11 is 0. The summed E-state index contributed by atoms with van der Waals surface area (Å²) in [4.78, 5) is 9.86. The van der Waals surface area contributed by atoms with Crippen molar-refractivity contribution in [3.05, 3.63) is 0 Å². The van der Waals surface area contributed by atoms with Crippen LogP contribution in [0.5, 0.6) is 0 Å². The van der Waals surface area contributed by atoms with Crippen molar-refractivity contribution in [1.29, 1.82) is 5.26 Å². The van der Waals surface area contributed by atoms with Crippen molar-refractivity contribution >= 4 is 5.97 Å². The van der Waals surface area contributed by atoms with Crippen molar-refractivity contribution in [2.45, 2.75) is 13.0 Å². The van der Waals surface area contributed by atoms with Crippen molar-refractivity contribution < 1.29 is 14.6 Å². The number of carbonyl (C=O) groups is 1. The topological polar surface area (TPSA) is 70.0 Å². The number of nitrogens with zero attached hydrogens (tertiary/aromatic N) is 1. The van der Waals surface area contributed by atoms with Crippen LogP contribution >= 0.6 is 0 Å². The molecule has 1 radical (unpaired) electrons. The molecule has 0 aromatic carbocycles. The quantitative estimate of drug-likeness (QED) is 0.531. The number of ether oxygens (including phenoxy) is 1. The van der Waals surface area contributed by atoms with Crippen LogP contribution in [0.2, 0.25) is 0 Å². The first-order valence-corrected chi connectivity index (χ1v) is 2.38. The lowest BCUT2D eigenvalue weighted by Gasteiger charge is -1.99. The van der Waals surface area contributed by atoms with Gasteiger partial charge in [-0.3, -0.25) is 0 Å². The molecule has 0 aromatic heterocycles. The van der Waals surface area contributed by atoms with Gasteiger partial charge in [0.1, 0.15) is 6.61 Å². The molecule has 4 nitrogen and oxygen atoms in total. The summed E-state index contributed by atoms with van der Waals surface area (Å²) in [5, 5.41) is 17.8. The second-order valence-corrected chi connectivity index (χ2v) is 1.43. The highest BCUT2D eigenvalue weighted by Crippen LogP contribution is 1.88. The Morgan fingerprint density at radius 1 is 1.89 bits per heavy atom. The van der Waals surface area contributed by atoms with Crippen LogP contribution in [0.25, 0.3) is 0 Å². The Balaban J connectivity index is 3.41. The van der Waals surface area contributed by atoms with E-state index in [0.717, 1.165) is 0 Å². The molecule has 0 bridgehead atoms. The highest BCUT2D eigenvalue weighted by molar-refractivity contribution is 5.71. The summed E-state index contributed by atoms with van der Waals surface area (Å²) in [6, 6.07) is 1.64. The van der Waals surface area contributed by atoms with E-state index in [1.807, 2.05) is 0 Å². The average Bonchev–Trinajstić information content (AvgIpc) is 1.82. The lowest BCUT2D eigenvalue weighted by atomic mass is 10.4. The fraction of sp³-hybridized carbons (Fsp3) is 0.600. The number of carbonyl (C=O) groups excluding carboxylic acids is 1. The van der Waals surface area contributed by atoms with E-state index in [4.69, 9.17) is 5.26 Å². The van der Waals surface area contributed by atoms with Crippen molar-refractivity contribution in [1.82, 2.24) is 0 Å². The first-order valence-electron chi connectivity index (χ1n) is 2.38. The van der Waals surface area contributed by atoms with Gasteiger partial charge in [-0.15, -0.1) is 0 Å². The maximum atomic E-state index is 9.86. The van der Waals surface area contributed by atoms with Crippen LogP contribution in [0, 0.1) is 11.3 Å². The zero-order chi connectivity index (χ0) is 7.28. The predicted octanol–water partition coefficient (Wildman–Crippen LogP) is -0.128. The fourth-order valence-electron chi connectivity index (χ4n) is 0.230. The SMILES string of the molecule is CC(OCC#N)C([O])=O. The molecular formula is C5H6NO3. The molecule has 0 amide bonds. The van der Waals surface area contributed by atoms with Gasteiger partial charge in [-0.1, -0.05) is 0 Å². The molecule has 0 N–H and O–H groups in total. The average molecular weight is 128 g/mol. The van der Waals surface area contributed by atoms with Gasteiger partial charge in [0.05, 0.1) is 6.07 Å². The van der Waals surface area contributed by atoms with Gasteiger partial charge < -0.3 is 4.74 Å². The third-order valence-corrected chi connectivity index (χ3v) is 0.730. The molecule has 4 heteroatoms. The molecular weight excluding hydrogens is 122 g/mol. The smallest absolute Gasteiger partial charge is 0.352 e. The summed E-state index contributed by atoms with van der Waals surface area (Å²) in [6.45, 7) is 1.10. The third kappa shape index (κ3) is 3.50. The van der Waals surface area contributed by atoms with Gasteiger partial charge in [-0.2, -0.15) is 5.26 Å². The minimum Gasteiger partial charge on any atom is -0.352 e. The first-order chi connectivity index (χ1) is 4.18. The zero-order valence-electron chi connectivity index (χ0n) is 4.96. The fourth-order valence-corrected chi connectivity index (χ4v) is 0.230. The largest absolute Gasteiger partial charge is 0.383 e. The van der Waals surface area contributed by atoms with Gasteiger partial charge in [0, 0.05) is 0 Å². The Morgan fingerprint density at radius 3 is 2.78 bits per heavy atom. The summed E-state index contributed by atoms with van der Waals surface area (Å²) in [6.07, 6.45) is -0.996. The zero-order valence-corrected chi connectivity index (χ0v) is 4.96. The lowest BCUT2D eigenvalue weighted by molar-refractivity contribution is -0.154. The van der Waals surface area contributed by atoms with Crippen molar-refractivity contribution in [3.63, 3.8) is 0 Å². The molecule has 1 atom stereocenters. The number of hydrogen-bond acceptors (Lipinski definition) is 3. The van der Waals surface area contributed by atoms with E-state index in [-0.39, 0.29) is 6.61 Å².